The van der Waals surface area contributed by atoms with E-state index in [9.17, 15) is 9.18 Å². The molecule has 0 heterocycles. The zero-order chi connectivity index (χ0) is 9.19. The molecule has 2 nitrogen and oxygen atoms in total. The molecule has 1 atom stereocenters. The van der Waals surface area contributed by atoms with Crippen LogP contribution in [0.1, 0.15) is 12.5 Å². The Morgan fingerprint density at radius 3 is 2.33 bits per heavy atom. The standard InChI is InChI=1S/C9H10FNO/c1-9(10,8(11)12)7-5-3-2-4-6-7/h2-6H,1H3,(H2,11,12)/t9-/m1/s1. The molecule has 0 aliphatic heterocycles. The van der Waals surface area contributed by atoms with Gasteiger partial charge in [0.1, 0.15) is 0 Å². The molecule has 0 unspecified atom stereocenters. The van der Waals surface area contributed by atoms with E-state index in [2.05, 4.69) is 0 Å². The summed E-state index contributed by atoms with van der Waals surface area (Å²) in [5.41, 5.74) is 3.11. The Kier molecular flexibility index (Phi) is 2.13. The fourth-order valence-electron chi connectivity index (χ4n) is 0.893. The molecular formula is C9H10FNO. The van der Waals surface area contributed by atoms with Crippen LogP contribution in [-0.4, -0.2) is 5.91 Å². The van der Waals surface area contributed by atoms with Gasteiger partial charge in [-0.3, -0.25) is 4.79 Å². The van der Waals surface area contributed by atoms with Crippen LogP contribution in [0.5, 0.6) is 0 Å². The minimum Gasteiger partial charge on any atom is -0.367 e. The van der Waals surface area contributed by atoms with E-state index in [-0.39, 0.29) is 5.56 Å². The van der Waals surface area contributed by atoms with Crippen LogP contribution in [0.25, 0.3) is 0 Å². The lowest BCUT2D eigenvalue weighted by atomic mass is 9.98. The van der Waals surface area contributed by atoms with E-state index >= 15 is 0 Å². The fourth-order valence-corrected chi connectivity index (χ4v) is 0.893. The van der Waals surface area contributed by atoms with Gasteiger partial charge < -0.3 is 5.73 Å². The predicted molar refractivity (Wildman–Crippen MR) is 44.1 cm³/mol. The zero-order valence-electron chi connectivity index (χ0n) is 6.75. The Bertz CT molecular complexity index is 282. The fraction of sp³-hybridized carbons (Fsp3) is 0.222. The summed E-state index contributed by atoms with van der Waals surface area (Å²) in [6.45, 7) is 1.16. The van der Waals surface area contributed by atoms with Crippen molar-refractivity contribution in [1.82, 2.24) is 0 Å². The summed E-state index contributed by atoms with van der Waals surface area (Å²) < 4.78 is 13.5. The molecule has 12 heavy (non-hydrogen) atoms. The van der Waals surface area contributed by atoms with Crippen molar-refractivity contribution in [2.75, 3.05) is 0 Å². The van der Waals surface area contributed by atoms with Crippen molar-refractivity contribution in [1.29, 1.82) is 0 Å². The summed E-state index contributed by atoms with van der Waals surface area (Å²) >= 11 is 0. The SMILES string of the molecule is C[C@](F)(C(N)=O)c1ccccc1. The second-order valence-corrected chi connectivity index (χ2v) is 2.73. The van der Waals surface area contributed by atoms with Gasteiger partial charge in [0.2, 0.25) is 5.67 Å². The van der Waals surface area contributed by atoms with Gasteiger partial charge in [-0.1, -0.05) is 30.3 Å². The summed E-state index contributed by atoms with van der Waals surface area (Å²) in [7, 11) is 0. The molecule has 0 aliphatic carbocycles. The summed E-state index contributed by atoms with van der Waals surface area (Å²) in [6, 6.07) is 8.14. The highest BCUT2D eigenvalue weighted by atomic mass is 19.1. The number of carbonyl (C=O) groups excluding carboxylic acids is 1. The van der Waals surface area contributed by atoms with Crippen molar-refractivity contribution in [3.05, 3.63) is 35.9 Å². The first-order chi connectivity index (χ1) is 5.55. The van der Waals surface area contributed by atoms with Crippen LogP contribution in [0, 0.1) is 0 Å². The molecule has 0 fully saturated rings. The van der Waals surface area contributed by atoms with Crippen LogP contribution < -0.4 is 5.73 Å². The van der Waals surface area contributed by atoms with Crippen molar-refractivity contribution in [3.63, 3.8) is 0 Å². The number of alkyl halides is 1. The van der Waals surface area contributed by atoms with Crippen LogP contribution in [0.2, 0.25) is 0 Å². The van der Waals surface area contributed by atoms with Gasteiger partial charge in [0, 0.05) is 0 Å². The molecule has 1 aromatic rings. The number of nitrogens with two attached hydrogens (primary N) is 1. The van der Waals surface area contributed by atoms with E-state index in [0.29, 0.717) is 0 Å². The lowest BCUT2D eigenvalue weighted by Crippen LogP contribution is -2.34. The molecule has 1 amide bonds. The summed E-state index contributed by atoms with van der Waals surface area (Å²) in [4.78, 5) is 10.7. The molecular weight excluding hydrogens is 157 g/mol. The maximum absolute atomic E-state index is 13.5. The molecule has 0 saturated carbocycles. The third-order valence-corrected chi connectivity index (χ3v) is 1.78. The smallest absolute Gasteiger partial charge is 0.259 e. The molecule has 0 saturated heterocycles. The number of carbonyl (C=O) groups is 1. The normalized spacial score (nSPS) is 15.2. The van der Waals surface area contributed by atoms with Gasteiger partial charge >= 0.3 is 0 Å². The third kappa shape index (κ3) is 1.44. The number of benzene rings is 1. The molecule has 0 aromatic heterocycles. The molecule has 0 bridgehead atoms. The number of amides is 1. The quantitative estimate of drug-likeness (QED) is 0.710. The molecule has 1 rings (SSSR count). The van der Waals surface area contributed by atoms with E-state index in [0.717, 1.165) is 6.92 Å². The number of hydrogen-bond acceptors (Lipinski definition) is 1. The molecule has 0 spiro atoms. The van der Waals surface area contributed by atoms with Gasteiger partial charge in [0.05, 0.1) is 0 Å². The number of halogens is 1. The van der Waals surface area contributed by atoms with Gasteiger partial charge in [-0.2, -0.15) is 0 Å². The first-order valence-corrected chi connectivity index (χ1v) is 3.59. The predicted octanol–water partition coefficient (Wildman–Crippen LogP) is 1.36. The minimum atomic E-state index is -2.07. The second-order valence-electron chi connectivity index (χ2n) is 2.73. The van der Waals surface area contributed by atoms with Crippen molar-refractivity contribution in [2.24, 2.45) is 5.73 Å². The molecule has 64 valence electrons. The van der Waals surface area contributed by atoms with E-state index in [1.54, 1.807) is 18.2 Å². The highest BCUT2D eigenvalue weighted by Crippen LogP contribution is 2.24. The lowest BCUT2D eigenvalue weighted by molar-refractivity contribution is -0.128. The van der Waals surface area contributed by atoms with Crippen molar-refractivity contribution in [2.45, 2.75) is 12.6 Å². The topological polar surface area (TPSA) is 43.1 Å². The Labute approximate surface area is 70.2 Å². The van der Waals surface area contributed by atoms with E-state index in [4.69, 9.17) is 5.73 Å². The summed E-state index contributed by atoms with van der Waals surface area (Å²) in [5, 5.41) is 0. The Morgan fingerprint density at radius 2 is 1.92 bits per heavy atom. The first kappa shape index (κ1) is 8.71. The third-order valence-electron chi connectivity index (χ3n) is 1.78. The van der Waals surface area contributed by atoms with Gasteiger partial charge in [-0.25, -0.2) is 4.39 Å². The summed E-state index contributed by atoms with van der Waals surface area (Å²) in [5.74, 6) is -0.964. The van der Waals surface area contributed by atoms with Gasteiger partial charge in [-0.15, -0.1) is 0 Å². The highest BCUT2D eigenvalue weighted by Gasteiger charge is 2.32. The maximum atomic E-state index is 13.5. The molecule has 3 heteroatoms. The van der Waals surface area contributed by atoms with E-state index < -0.39 is 11.6 Å². The van der Waals surface area contributed by atoms with Crippen molar-refractivity contribution < 1.29 is 9.18 Å². The van der Waals surface area contributed by atoms with Crippen molar-refractivity contribution >= 4 is 5.91 Å². The number of hydrogen-bond donors (Lipinski definition) is 1. The van der Waals surface area contributed by atoms with E-state index in [1.165, 1.54) is 12.1 Å². The Morgan fingerprint density at radius 1 is 1.42 bits per heavy atom. The van der Waals surface area contributed by atoms with Gasteiger partial charge in [-0.05, 0) is 12.5 Å². The minimum absolute atomic E-state index is 0.289. The Balaban J connectivity index is 3.06. The van der Waals surface area contributed by atoms with Crippen LogP contribution in [0.15, 0.2) is 30.3 Å². The summed E-state index contributed by atoms with van der Waals surface area (Å²) in [6.07, 6.45) is 0. The average molecular weight is 167 g/mol. The van der Waals surface area contributed by atoms with Crippen molar-refractivity contribution in [3.8, 4) is 0 Å². The Hall–Kier alpha value is -1.38. The van der Waals surface area contributed by atoms with Crippen LogP contribution >= 0.6 is 0 Å². The second kappa shape index (κ2) is 2.93. The van der Waals surface area contributed by atoms with Gasteiger partial charge in [0.15, 0.2) is 0 Å². The zero-order valence-corrected chi connectivity index (χ0v) is 6.75. The molecule has 0 radical (unpaired) electrons. The van der Waals surface area contributed by atoms with Crippen LogP contribution in [-0.2, 0) is 10.5 Å². The van der Waals surface area contributed by atoms with Gasteiger partial charge in [0.25, 0.3) is 5.91 Å². The number of primary amides is 1. The maximum Gasteiger partial charge on any atom is 0.259 e. The monoisotopic (exact) mass is 167 g/mol. The average Bonchev–Trinajstić information content (AvgIpc) is 2.06. The van der Waals surface area contributed by atoms with E-state index in [1.807, 2.05) is 0 Å². The lowest BCUT2D eigenvalue weighted by Gasteiger charge is -2.15. The molecule has 1 aromatic carbocycles. The van der Waals surface area contributed by atoms with Crippen LogP contribution in [0.4, 0.5) is 4.39 Å². The molecule has 0 aliphatic rings. The number of rotatable bonds is 2. The highest BCUT2D eigenvalue weighted by molar-refractivity contribution is 5.84. The molecule has 2 N–H and O–H groups in total. The largest absolute Gasteiger partial charge is 0.367 e. The first-order valence-electron chi connectivity index (χ1n) is 3.59. The van der Waals surface area contributed by atoms with Crippen LogP contribution in [0.3, 0.4) is 0 Å².